The predicted molar refractivity (Wildman–Crippen MR) is 93.1 cm³/mol. The quantitative estimate of drug-likeness (QED) is 0.898. The van der Waals surface area contributed by atoms with Crippen molar-refractivity contribution in [3.63, 3.8) is 0 Å². The summed E-state index contributed by atoms with van der Waals surface area (Å²) in [6.07, 6.45) is 5.27. The molecule has 2 saturated heterocycles. The standard InChI is InChI=1S/C19H28N2O3/c22-19(20-13-18-15-23-11-12-24-18)17-7-5-16(6-8-17)14-21-9-3-1-2-4-10-21/h5-8,18H,1-4,9-15H2,(H,20,22)/t18-/m1/s1. The first-order valence-corrected chi connectivity index (χ1v) is 9.10. The molecular weight excluding hydrogens is 304 g/mol. The minimum absolute atomic E-state index is 0.0370. The number of benzene rings is 1. The van der Waals surface area contributed by atoms with Crippen LogP contribution in [0, 0.1) is 0 Å². The Morgan fingerprint density at radius 3 is 2.50 bits per heavy atom. The molecule has 1 amide bonds. The van der Waals surface area contributed by atoms with Crippen LogP contribution in [0.2, 0.25) is 0 Å². The molecule has 2 aliphatic heterocycles. The molecule has 0 spiro atoms. The molecule has 0 bridgehead atoms. The summed E-state index contributed by atoms with van der Waals surface area (Å²) in [5, 5.41) is 2.92. The number of carbonyl (C=O) groups excluding carboxylic acids is 1. The first-order chi connectivity index (χ1) is 11.8. The summed E-state index contributed by atoms with van der Waals surface area (Å²) >= 11 is 0. The van der Waals surface area contributed by atoms with E-state index in [2.05, 4.69) is 22.3 Å². The molecule has 0 radical (unpaired) electrons. The second kappa shape index (κ2) is 9.16. The molecule has 0 unspecified atom stereocenters. The average molecular weight is 332 g/mol. The highest BCUT2D eigenvalue weighted by Gasteiger charge is 2.16. The minimum atomic E-state index is -0.0505. The lowest BCUT2D eigenvalue weighted by Crippen LogP contribution is -2.39. The summed E-state index contributed by atoms with van der Waals surface area (Å²) < 4.78 is 10.9. The molecule has 2 heterocycles. The van der Waals surface area contributed by atoms with Gasteiger partial charge in [0.05, 0.1) is 25.9 Å². The average Bonchev–Trinajstić information content (AvgIpc) is 2.90. The lowest BCUT2D eigenvalue weighted by molar-refractivity contribution is -0.0855. The summed E-state index contributed by atoms with van der Waals surface area (Å²) in [6, 6.07) is 7.97. The monoisotopic (exact) mass is 332 g/mol. The molecule has 2 aliphatic rings. The molecule has 0 aliphatic carbocycles. The van der Waals surface area contributed by atoms with Crippen molar-refractivity contribution in [3.8, 4) is 0 Å². The van der Waals surface area contributed by atoms with Gasteiger partial charge in [0.15, 0.2) is 0 Å². The number of carbonyl (C=O) groups is 1. The van der Waals surface area contributed by atoms with Crippen LogP contribution in [0.25, 0.3) is 0 Å². The highest BCUT2D eigenvalue weighted by molar-refractivity contribution is 5.94. The number of rotatable bonds is 5. The smallest absolute Gasteiger partial charge is 0.251 e. The molecule has 1 aromatic carbocycles. The number of nitrogens with zero attached hydrogens (tertiary/aromatic N) is 1. The molecule has 132 valence electrons. The maximum atomic E-state index is 12.2. The van der Waals surface area contributed by atoms with Crippen LogP contribution >= 0.6 is 0 Å². The zero-order valence-electron chi connectivity index (χ0n) is 14.3. The molecule has 5 heteroatoms. The Kier molecular flexibility index (Phi) is 6.64. The zero-order valence-corrected chi connectivity index (χ0v) is 14.3. The van der Waals surface area contributed by atoms with Crippen molar-refractivity contribution < 1.29 is 14.3 Å². The SMILES string of the molecule is O=C(NC[C@@H]1COCCO1)c1ccc(CN2CCCCCC2)cc1. The van der Waals surface area contributed by atoms with Crippen LogP contribution in [0.5, 0.6) is 0 Å². The molecule has 1 N–H and O–H groups in total. The van der Waals surface area contributed by atoms with Gasteiger partial charge in [-0.05, 0) is 43.6 Å². The molecule has 1 aromatic rings. The summed E-state index contributed by atoms with van der Waals surface area (Å²) in [7, 11) is 0. The van der Waals surface area contributed by atoms with Gasteiger partial charge < -0.3 is 14.8 Å². The third kappa shape index (κ3) is 5.30. The van der Waals surface area contributed by atoms with Crippen LogP contribution in [0.3, 0.4) is 0 Å². The number of likely N-dealkylation sites (tertiary alicyclic amines) is 1. The molecule has 0 aromatic heterocycles. The number of nitrogens with one attached hydrogen (secondary N) is 1. The summed E-state index contributed by atoms with van der Waals surface area (Å²) in [5.74, 6) is -0.0505. The first-order valence-electron chi connectivity index (χ1n) is 9.10. The fraction of sp³-hybridized carbons (Fsp3) is 0.632. The van der Waals surface area contributed by atoms with E-state index in [-0.39, 0.29) is 12.0 Å². The van der Waals surface area contributed by atoms with Gasteiger partial charge >= 0.3 is 0 Å². The van der Waals surface area contributed by atoms with E-state index < -0.39 is 0 Å². The van der Waals surface area contributed by atoms with Crippen molar-refractivity contribution in [2.45, 2.75) is 38.3 Å². The van der Waals surface area contributed by atoms with Gasteiger partial charge in [-0.1, -0.05) is 25.0 Å². The molecule has 0 saturated carbocycles. The van der Waals surface area contributed by atoms with Crippen LogP contribution in [0.15, 0.2) is 24.3 Å². The van der Waals surface area contributed by atoms with Gasteiger partial charge in [-0.25, -0.2) is 0 Å². The maximum absolute atomic E-state index is 12.2. The van der Waals surface area contributed by atoms with Crippen LogP contribution in [0.1, 0.15) is 41.6 Å². The summed E-state index contributed by atoms with van der Waals surface area (Å²) in [6.45, 7) is 5.64. The lowest BCUT2D eigenvalue weighted by atomic mass is 10.1. The van der Waals surface area contributed by atoms with Crippen molar-refractivity contribution in [3.05, 3.63) is 35.4 Å². The minimum Gasteiger partial charge on any atom is -0.376 e. The second-order valence-electron chi connectivity index (χ2n) is 6.67. The Hall–Kier alpha value is -1.43. The van der Waals surface area contributed by atoms with Crippen molar-refractivity contribution in [2.75, 3.05) is 39.5 Å². The van der Waals surface area contributed by atoms with Crippen LogP contribution < -0.4 is 5.32 Å². The zero-order chi connectivity index (χ0) is 16.6. The Bertz CT molecular complexity index is 504. The van der Waals surface area contributed by atoms with Gasteiger partial charge in [-0.15, -0.1) is 0 Å². The highest BCUT2D eigenvalue weighted by Crippen LogP contribution is 2.14. The Labute approximate surface area is 144 Å². The number of hydrogen-bond acceptors (Lipinski definition) is 4. The van der Waals surface area contributed by atoms with E-state index in [1.165, 1.54) is 44.3 Å². The van der Waals surface area contributed by atoms with Crippen molar-refractivity contribution >= 4 is 5.91 Å². The lowest BCUT2D eigenvalue weighted by Gasteiger charge is -2.23. The number of ether oxygens (including phenoxy) is 2. The molecule has 1 atom stereocenters. The van der Waals surface area contributed by atoms with Crippen molar-refractivity contribution in [1.29, 1.82) is 0 Å². The fourth-order valence-corrected chi connectivity index (χ4v) is 3.28. The third-order valence-corrected chi connectivity index (χ3v) is 4.70. The second-order valence-corrected chi connectivity index (χ2v) is 6.67. The van der Waals surface area contributed by atoms with Gasteiger partial charge in [0.25, 0.3) is 5.91 Å². The van der Waals surface area contributed by atoms with Gasteiger partial charge in [-0.3, -0.25) is 9.69 Å². The van der Waals surface area contributed by atoms with Gasteiger partial charge in [-0.2, -0.15) is 0 Å². The van der Waals surface area contributed by atoms with E-state index in [0.717, 1.165) is 6.54 Å². The molecule has 2 fully saturated rings. The van der Waals surface area contributed by atoms with Gasteiger partial charge in [0, 0.05) is 18.7 Å². The summed E-state index contributed by atoms with van der Waals surface area (Å²) in [4.78, 5) is 14.7. The van der Waals surface area contributed by atoms with Crippen molar-refractivity contribution in [2.24, 2.45) is 0 Å². The topological polar surface area (TPSA) is 50.8 Å². The number of hydrogen-bond donors (Lipinski definition) is 1. The number of amides is 1. The van der Waals surface area contributed by atoms with E-state index in [9.17, 15) is 4.79 Å². The van der Waals surface area contributed by atoms with E-state index in [0.29, 0.717) is 31.9 Å². The van der Waals surface area contributed by atoms with E-state index in [4.69, 9.17) is 9.47 Å². The Morgan fingerprint density at radius 1 is 1.08 bits per heavy atom. The Morgan fingerprint density at radius 2 is 1.83 bits per heavy atom. The predicted octanol–water partition coefficient (Wildman–Crippen LogP) is 2.21. The van der Waals surface area contributed by atoms with Crippen LogP contribution in [-0.2, 0) is 16.0 Å². The first kappa shape index (κ1) is 17.4. The largest absolute Gasteiger partial charge is 0.376 e. The van der Waals surface area contributed by atoms with E-state index >= 15 is 0 Å². The maximum Gasteiger partial charge on any atom is 0.251 e. The molecule has 24 heavy (non-hydrogen) atoms. The normalized spacial score (nSPS) is 22.8. The molecule has 3 rings (SSSR count). The van der Waals surface area contributed by atoms with Crippen molar-refractivity contribution in [1.82, 2.24) is 10.2 Å². The highest BCUT2D eigenvalue weighted by atomic mass is 16.6. The van der Waals surface area contributed by atoms with E-state index in [1.807, 2.05) is 12.1 Å². The molecular formula is C19H28N2O3. The van der Waals surface area contributed by atoms with Crippen LogP contribution in [0.4, 0.5) is 0 Å². The van der Waals surface area contributed by atoms with E-state index in [1.54, 1.807) is 0 Å². The van der Waals surface area contributed by atoms with Gasteiger partial charge in [0.1, 0.15) is 0 Å². The Balaban J connectivity index is 1.46. The summed E-state index contributed by atoms with van der Waals surface area (Å²) in [5.41, 5.74) is 1.98. The molecule has 5 nitrogen and oxygen atoms in total. The fourth-order valence-electron chi connectivity index (χ4n) is 3.28. The van der Waals surface area contributed by atoms with Gasteiger partial charge in [0.2, 0.25) is 0 Å². The van der Waals surface area contributed by atoms with Crippen LogP contribution in [-0.4, -0.2) is 56.4 Å². The third-order valence-electron chi connectivity index (χ3n) is 4.70.